The second-order valence-corrected chi connectivity index (χ2v) is 5.70. The van der Waals surface area contributed by atoms with Gasteiger partial charge < -0.3 is 10.0 Å². The van der Waals surface area contributed by atoms with Crippen LogP contribution in [0.25, 0.3) is 0 Å². The van der Waals surface area contributed by atoms with E-state index in [0.717, 1.165) is 43.1 Å². The maximum atomic E-state index is 9.58. The van der Waals surface area contributed by atoms with Crippen LogP contribution in [0.15, 0.2) is 12.3 Å². The molecule has 0 aromatic carbocycles. The van der Waals surface area contributed by atoms with Crippen LogP contribution in [0, 0.1) is 6.92 Å². The van der Waals surface area contributed by atoms with Crippen LogP contribution < -0.4 is 4.90 Å². The third kappa shape index (κ3) is 3.25. The molecule has 1 fully saturated rings. The van der Waals surface area contributed by atoms with Crippen molar-refractivity contribution in [1.82, 2.24) is 9.88 Å². The van der Waals surface area contributed by atoms with Crippen molar-refractivity contribution in [2.75, 3.05) is 31.1 Å². The number of aryl methyl sites for hydroxylation is 1. The van der Waals surface area contributed by atoms with Crippen molar-refractivity contribution in [1.29, 1.82) is 0 Å². The highest BCUT2D eigenvalue weighted by Gasteiger charge is 2.21. The van der Waals surface area contributed by atoms with E-state index >= 15 is 0 Å². The number of anilines is 1. The highest BCUT2D eigenvalue weighted by Crippen LogP contribution is 2.22. The highest BCUT2D eigenvalue weighted by atomic mass is 16.3. The van der Waals surface area contributed by atoms with Crippen molar-refractivity contribution in [2.24, 2.45) is 0 Å². The van der Waals surface area contributed by atoms with E-state index in [1.54, 1.807) is 13.1 Å². The maximum Gasteiger partial charge on any atom is 0.131 e. The molecule has 0 bridgehead atoms. The SMILES string of the molecule is Cc1cc(C(C)O)cnc1N1CCN(C(C)C)CC1. The Kier molecular flexibility index (Phi) is 4.42. The first-order valence-electron chi connectivity index (χ1n) is 7.12. The van der Waals surface area contributed by atoms with Gasteiger partial charge in [0.1, 0.15) is 5.82 Å². The van der Waals surface area contributed by atoms with Gasteiger partial charge in [0.15, 0.2) is 0 Å². The van der Waals surface area contributed by atoms with E-state index in [1.165, 1.54) is 0 Å². The number of nitrogens with zero attached hydrogens (tertiary/aromatic N) is 3. The Morgan fingerprint density at radius 1 is 1.16 bits per heavy atom. The van der Waals surface area contributed by atoms with Crippen LogP contribution in [0.1, 0.15) is 38.0 Å². The Morgan fingerprint density at radius 2 is 1.79 bits per heavy atom. The van der Waals surface area contributed by atoms with E-state index in [9.17, 15) is 5.11 Å². The van der Waals surface area contributed by atoms with Crippen molar-refractivity contribution < 1.29 is 5.11 Å². The molecule has 1 atom stereocenters. The number of pyridine rings is 1. The summed E-state index contributed by atoms with van der Waals surface area (Å²) in [6.07, 6.45) is 1.35. The third-order valence-corrected chi connectivity index (χ3v) is 3.90. The summed E-state index contributed by atoms with van der Waals surface area (Å²) in [6.45, 7) is 12.6. The van der Waals surface area contributed by atoms with Crippen molar-refractivity contribution >= 4 is 5.82 Å². The van der Waals surface area contributed by atoms with E-state index < -0.39 is 6.10 Å². The van der Waals surface area contributed by atoms with Crippen molar-refractivity contribution in [3.8, 4) is 0 Å². The normalized spacial score (nSPS) is 18.9. The van der Waals surface area contributed by atoms with Crippen LogP contribution in [-0.4, -0.2) is 47.2 Å². The van der Waals surface area contributed by atoms with E-state index in [0.29, 0.717) is 6.04 Å². The number of rotatable bonds is 3. The lowest BCUT2D eigenvalue weighted by Crippen LogP contribution is -2.49. The summed E-state index contributed by atoms with van der Waals surface area (Å²) in [4.78, 5) is 9.38. The number of hydrogen-bond donors (Lipinski definition) is 1. The predicted octanol–water partition coefficient (Wildman–Crippen LogP) is 1.97. The van der Waals surface area contributed by atoms with Crippen molar-refractivity contribution in [2.45, 2.75) is 39.8 Å². The smallest absolute Gasteiger partial charge is 0.131 e. The Hall–Kier alpha value is -1.13. The Balaban J connectivity index is 2.07. The van der Waals surface area contributed by atoms with Gasteiger partial charge in [0.05, 0.1) is 6.10 Å². The molecule has 0 saturated carbocycles. The highest BCUT2D eigenvalue weighted by molar-refractivity contribution is 5.48. The molecule has 1 aliphatic heterocycles. The van der Waals surface area contributed by atoms with E-state index in [4.69, 9.17) is 0 Å². The predicted molar refractivity (Wildman–Crippen MR) is 78.5 cm³/mol. The van der Waals surface area contributed by atoms with Gasteiger partial charge in [-0.2, -0.15) is 0 Å². The summed E-state index contributed by atoms with van der Waals surface area (Å²) in [5, 5.41) is 9.58. The second kappa shape index (κ2) is 5.88. The minimum atomic E-state index is -0.446. The fraction of sp³-hybridized carbons (Fsp3) is 0.667. The monoisotopic (exact) mass is 263 g/mol. The maximum absolute atomic E-state index is 9.58. The summed E-state index contributed by atoms with van der Waals surface area (Å²) in [5.74, 6) is 1.06. The van der Waals surface area contributed by atoms with Gasteiger partial charge in [-0.25, -0.2) is 4.98 Å². The zero-order valence-electron chi connectivity index (χ0n) is 12.4. The van der Waals surface area contributed by atoms with Crippen LogP contribution in [0.2, 0.25) is 0 Å². The molecule has 106 valence electrons. The van der Waals surface area contributed by atoms with Crippen LogP contribution in [0.3, 0.4) is 0 Å². The lowest BCUT2D eigenvalue weighted by Gasteiger charge is -2.38. The summed E-state index contributed by atoms with van der Waals surface area (Å²) in [6, 6.07) is 2.66. The largest absolute Gasteiger partial charge is 0.389 e. The molecule has 1 saturated heterocycles. The molecule has 1 unspecified atom stereocenters. The molecule has 1 aromatic rings. The molecule has 1 N–H and O–H groups in total. The summed E-state index contributed by atoms with van der Waals surface area (Å²) in [5.41, 5.74) is 2.04. The molecular formula is C15H25N3O. The number of aliphatic hydroxyl groups excluding tert-OH is 1. The van der Waals surface area contributed by atoms with Gasteiger partial charge >= 0.3 is 0 Å². The topological polar surface area (TPSA) is 39.6 Å². The van der Waals surface area contributed by atoms with Gasteiger partial charge in [-0.3, -0.25) is 4.90 Å². The lowest BCUT2D eigenvalue weighted by atomic mass is 10.1. The summed E-state index contributed by atoms with van der Waals surface area (Å²) >= 11 is 0. The molecule has 0 spiro atoms. The van der Waals surface area contributed by atoms with Gasteiger partial charge in [0.2, 0.25) is 0 Å². The first kappa shape index (κ1) is 14.3. The molecule has 2 heterocycles. The molecule has 0 amide bonds. The minimum Gasteiger partial charge on any atom is -0.389 e. The first-order chi connectivity index (χ1) is 8.99. The Labute approximate surface area is 116 Å². The van der Waals surface area contributed by atoms with Crippen LogP contribution in [0.4, 0.5) is 5.82 Å². The number of hydrogen-bond acceptors (Lipinski definition) is 4. The van der Waals surface area contributed by atoms with Crippen molar-refractivity contribution in [3.63, 3.8) is 0 Å². The molecule has 0 radical (unpaired) electrons. The molecular weight excluding hydrogens is 238 g/mol. The Morgan fingerprint density at radius 3 is 2.26 bits per heavy atom. The standard InChI is InChI=1S/C15H25N3O/c1-11(2)17-5-7-18(8-6-17)15-12(3)9-14(10-16-15)13(4)19/h9-11,13,19H,5-8H2,1-4H3. The average molecular weight is 263 g/mol. The second-order valence-electron chi connectivity index (χ2n) is 5.70. The number of aliphatic hydroxyl groups is 1. The van der Waals surface area contributed by atoms with Crippen LogP contribution >= 0.6 is 0 Å². The fourth-order valence-corrected chi connectivity index (χ4v) is 2.60. The molecule has 1 aromatic heterocycles. The van der Waals surface area contributed by atoms with Gasteiger partial charge in [0.25, 0.3) is 0 Å². The molecule has 19 heavy (non-hydrogen) atoms. The van der Waals surface area contributed by atoms with Crippen LogP contribution in [0.5, 0.6) is 0 Å². The minimum absolute atomic E-state index is 0.446. The van der Waals surface area contributed by atoms with Gasteiger partial charge in [-0.1, -0.05) is 0 Å². The molecule has 0 aliphatic carbocycles. The molecule has 4 heteroatoms. The first-order valence-corrected chi connectivity index (χ1v) is 7.12. The average Bonchev–Trinajstić information content (AvgIpc) is 2.38. The molecule has 4 nitrogen and oxygen atoms in total. The fourth-order valence-electron chi connectivity index (χ4n) is 2.60. The number of piperazine rings is 1. The van der Waals surface area contributed by atoms with E-state index in [-0.39, 0.29) is 0 Å². The van der Waals surface area contributed by atoms with Gasteiger partial charge in [0, 0.05) is 38.4 Å². The van der Waals surface area contributed by atoms with Gasteiger partial charge in [-0.15, -0.1) is 0 Å². The van der Waals surface area contributed by atoms with E-state index in [2.05, 4.69) is 35.6 Å². The van der Waals surface area contributed by atoms with E-state index in [1.807, 2.05) is 6.07 Å². The Bertz CT molecular complexity index is 423. The number of aromatic nitrogens is 1. The zero-order valence-corrected chi connectivity index (χ0v) is 12.4. The molecule has 1 aliphatic rings. The van der Waals surface area contributed by atoms with Crippen LogP contribution in [-0.2, 0) is 0 Å². The zero-order chi connectivity index (χ0) is 14.0. The quantitative estimate of drug-likeness (QED) is 0.905. The third-order valence-electron chi connectivity index (χ3n) is 3.90. The summed E-state index contributed by atoms with van der Waals surface area (Å²) in [7, 11) is 0. The molecule has 2 rings (SSSR count). The van der Waals surface area contributed by atoms with Crippen molar-refractivity contribution in [3.05, 3.63) is 23.4 Å². The lowest BCUT2D eigenvalue weighted by molar-refractivity contribution is 0.198. The van der Waals surface area contributed by atoms with Gasteiger partial charge in [-0.05, 0) is 44.9 Å². The summed E-state index contributed by atoms with van der Waals surface area (Å²) < 4.78 is 0.